The van der Waals surface area contributed by atoms with Crippen LogP contribution in [0.3, 0.4) is 0 Å². The number of hydrogen-bond donors (Lipinski definition) is 0. The van der Waals surface area contributed by atoms with Crippen LogP contribution in [0.4, 0.5) is 8.78 Å². The van der Waals surface area contributed by atoms with E-state index in [1.54, 1.807) is 4.90 Å². The van der Waals surface area contributed by atoms with Gasteiger partial charge in [0.2, 0.25) is 0 Å². The zero-order valence-corrected chi connectivity index (χ0v) is 11.6. The molecule has 0 N–H and O–H groups in total. The molecule has 1 nitrogen and oxygen atoms in total. The summed E-state index contributed by atoms with van der Waals surface area (Å²) >= 11 is 9.43. The highest BCUT2D eigenvalue weighted by atomic mass is 79.9. The minimum Gasteiger partial charge on any atom is -0.297 e. The van der Waals surface area contributed by atoms with E-state index in [1.807, 2.05) is 18.2 Å². The molecular weight excluding hydrogens is 311 g/mol. The van der Waals surface area contributed by atoms with Crippen LogP contribution in [0.2, 0.25) is 5.02 Å². The predicted molar refractivity (Wildman–Crippen MR) is 68.9 cm³/mol. The standard InChI is InChI=1S/C12H13BrClF2N/c13-10-1-2-11(14)9(7-10)3-5-17-6-4-12(15,16)8-17/h1-2,7H,3-6,8H2. The van der Waals surface area contributed by atoms with Crippen LogP contribution < -0.4 is 0 Å². The Labute approximate surface area is 113 Å². The van der Waals surface area contributed by atoms with Gasteiger partial charge in [-0.2, -0.15) is 0 Å². The fourth-order valence-electron chi connectivity index (χ4n) is 2.01. The van der Waals surface area contributed by atoms with Gasteiger partial charge in [-0.25, -0.2) is 8.78 Å². The third-order valence-electron chi connectivity index (χ3n) is 2.95. The highest BCUT2D eigenvalue weighted by molar-refractivity contribution is 9.10. The first kappa shape index (κ1) is 13.2. The molecule has 0 spiro atoms. The van der Waals surface area contributed by atoms with Gasteiger partial charge in [0.15, 0.2) is 0 Å². The monoisotopic (exact) mass is 323 g/mol. The van der Waals surface area contributed by atoms with Crippen LogP contribution in [-0.2, 0) is 6.42 Å². The second kappa shape index (κ2) is 5.21. The number of alkyl halides is 2. The van der Waals surface area contributed by atoms with Gasteiger partial charge in [0.05, 0.1) is 6.54 Å². The summed E-state index contributed by atoms with van der Waals surface area (Å²) in [6.07, 6.45) is 0.674. The molecule has 5 heteroatoms. The third-order valence-corrected chi connectivity index (χ3v) is 3.82. The third kappa shape index (κ3) is 3.63. The highest BCUT2D eigenvalue weighted by Crippen LogP contribution is 2.27. The summed E-state index contributed by atoms with van der Waals surface area (Å²) in [4.78, 5) is 1.79. The SMILES string of the molecule is FC1(F)CCN(CCc2cc(Br)ccc2Cl)C1. The van der Waals surface area contributed by atoms with Gasteiger partial charge in [-0.15, -0.1) is 0 Å². The van der Waals surface area contributed by atoms with Crippen molar-refractivity contribution in [1.82, 2.24) is 4.90 Å². The fraction of sp³-hybridized carbons (Fsp3) is 0.500. The van der Waals surface area contributed by atoms with Crippen LogP contribution in [0.1, 0.15) is 12.0 Å². The van der Waals surface area contributed by atoms with E-state index >= 15 is 0 Å². The molecule has 94 valence electrons. The molecule has 2 rings (SSSR count). The van der Waals surface area contributed by atoms with E-state index in [0.717, 1.165) is 10.0 Å². The summed E-state index contributed by atoms with van der Waals surface area (Å²) in [5, 5.41) is 0.694. The average molecular weight is 325 g/mol. The molecule has 1 heterocycles. The molecule has 1 aliphatic rings. The summed E-state index contributed by atoms with van der Waals surface area (Å²) in [6, 6.07) is 5.63. The molecule has 0 radical (unpaired) electrons. The average Bonchev–Trinajstić information content (AvgIpc) is 2.60. The molecule has 0 unspecified atom stereocenters. The van der Waals surface area contributed by atoms with Crippen LogP contribution in [0.15, 0.2) is 22.7 Å². The molecule has 0 saturated carbocycles. The Bertz CT molecular complexity index is 411. The molecule has 0 aliphatic carbocycles. The molecular formula is C12H13BrClF2N. The van der Waals surface area contributed by atoms with E-state index in [4.69, 9.17) is 11.6 Å². The zero-order valence-electron chi connectivity index (χ0n) is 9.23. The largest absolute Gasteiger partial charge is 0.297 e. The Hall–Kier alpha value is -0.190. The van der Waals surface area contributed by atoms with Gasteiger partial charge < -0.3 is 0 Å². The normalized spacial score (nSPS) is 19.8. The molecule has 1 aromatic rings. The van der Waals surface area contributed by atoms with Crippen LogP contribution in [0.25, 0.3) is 0 Å². The lowest BCUT2D eigenvalue weighted by molar-refractivity contribution is 0.0123. The summed E-state index contributed by atoms with van der Waals surface area (Å²) < 4.78 is 26.9. The Morgan fingerprint density at radius 1 is 1.41 bits per heavy atom. The van der Waals surface area contributed by atoms with E-state index < -0.39 is 5.92 Å². The van der Waals surface area contributed by atoms with Gasteiger partial charge in [-0.05, 0) is 30.2 Å². The van der Waals surface area contributed by atoms with E-state index in [9.17, 15) is 8.78 Å². The number of rotatable bonds is 3. The van der Waals surface area contributed by atoms with Crippen molar-refractivity contribution in [2.45, 2.75) is 18.8 Å². The first-order valence-electron chi connectivity index (χ1n) is 5.50. The Morgan fingerprint density at radius 3 is 2.82 bits per heavy atom. The van der Waals surface area contributed by atoms with Gasteiger partial charge in [0.25, 0.3) is 5.92 Å². The van der Waals surface area contributed by atoms with Gasteiger partial charge >= 0.3 is 0 Å². The molecule has 0 atom stereocenters. The van der Waals surface area contributed by atoms with Crippen molar-refractivity contribution in [2.75, 3.05) is 19.6 Å². The highest BCUT2D eigenvalue weighted by Gasteiger charge is 2.37. The van der Waals surface area contributed by atoms with E-state index in [0.29, 0.717) is 24.5 Å². The minimum atomic E-state index is -2.51. The molecule has 17 heavy (non-hydrogen) atoms. The summed E-state index contributed by atoms with van der Waals surface area (Å²) in [6.45, 7) is 0.975. The summed E-state index contributed by atoms with van der Waals surface area (Å²) in [5.74, 6) is -2.51. The smallest absolute Gasteiger partial charge is 0.261 e. The molecule has 1 aliphatic heterocycles. The maximum Gasteiger partial charge on any atom is 0.261 e. The van der Waals surface area contributed by atoms with Crippen molar-refractivity contribution in [3.8, 4) is 0 Å². The summed E-state index contributed by atoms with van der Waals surface area (Å²) in [7, 11) is 0. The lowest BCUT2D eigenvalue weighted by Crippen LogP contribution is -2.27. The quantitative estimate of drug-likeness (QED) is 0.813. The van der Waals surface area contributed by atoms with Gasteiger partial charge in [-0.1, -0.05) is 27.5 Å². The van der Waals surface area contributed by atoms with Crippen molar-refractivity contribution < 1.29 is 8.78 Å². The summed E-state index contributed by atoms with van der Waals surface area (Å²) in [5.41, 5.74) is 0.997. The fourth-order valence-corrected chi connectivity index (χ4v) is 2.63. The predicted octanol–water partition coefficient (Wildman–Crippen LogP) is 3.99. The molecule has 1 aromatic carbocycles. The number of benzene rings is 1. The number of nitrogens with zero attached hydrogens (tertiary/aromatic N) is 1. The number of hydrogen-bond acceptors (Lipinski definition) is 1. The Morgan fingerprint density at radius 2 is 2.18 bits per heavy atom. The molecule has 0 aromatic heterocycles. The van der Waals surface area contributed by atoms with E-state index in [2.05, 4.69) is 15.9 Å². The van der Waals surface area contributed by atoms with E-state index in [-0.39, 0.29) is 13.0 Å². The number of likely N-dealkylation sites (tertiary alicyclic amines) is 1. The van der Waals surface area contributed by atoms with E-state index in [1.165, 1.54) is 0 Å². The maximum atomic E-state index is 13.0. The zero-order chi connectivity index (χ0) is 12.5. The van der Waals surface area contributed by atoms with Crippen molar-refractivity contribution in [3.63, 3.8) is 0 Å². The first-order chi connectivity index (χ1) is 7.96. The van der Waals surface area contributed by atoms with Crippen molar-refractivity contribution >= 4 is 27.5 Å². The van der Waals surface area contributed by atoms with Crippen molar-refractivity contribution in [3.05, 3.63) is 33.3 Å². The Kier molecular flexibility index (Phi) is 4.06. The molecule has 0 amide bonds. The van der Waals surface area contributed by atoms with Crippen LogP contribution >= 0.6 is 27.5 Å². The minimum absolute atomic E-state index is 0.0286. The van der Waals surface area contributed by atoms with Gasteiger partial charge in [-0.3, -0.25) is 4.90 Å². The first-order valence-corrected chi connectivity index (χ1v) is 6.67. The van der Waals surface area contributed by atoms with Crippen molar-refractivity contribution in [2.24, 2.45) is 0 Å². The molecule has 0 bridgehead atoms. The van der Waals surface area contributed by atoms with Crippen LogP contribution in [0.5, 0.6) is 0 Å². The second-order valence-corrected chi connectivity index (χ2v) is 5.69. The second-order valence-electron chi connectivity index (χ2n) is 4.37. The Balaban J connectivity index is 1.92. The maximum absolute atomic E-state index is 13.0. The number of halogens is 4. The van der Waals surface area contributed by atoms with Crippen molar-refractivity contribution in [1.29, 1.82) is 0 Å². The topological polar surface area (TPSA) is 3.24 Å². The lowest BCUT2D eigenvalue weighted by atomic mass is 10.1. The van der Waals surface area contributed by atoms with Gasteiger partial charge in [0.1, 0.15) is 0 Å². The van der Waals surface area contributed by atoms with Crippen LogP contribution in [-0.4, -0.2) is 30.5 Å². The van der Waals surface area contributed by atoms with Crippen LogP contribution in [0, 0.1) is 0 Å². The molecule has 1 saturated heterocycles. The van der Waals surface area contributed by atoms with Gasteiger partial charge in [0, 0.05) is 29.0 Å². The lowest BCUT2D eigenvalue weighted by Gasteiger charge is -2.15. The molecule has 1 fully saturated rings.